The lowest BCUT2D eigenvalue weighted by Crippen LogP contribution is -2.31. The van der Waals surface area contributed by atoms with Crippen LogP contribution in [0.5, 0.6) is 0 Å². The summed E-state index contributed by atoms with van der Waals surface area (Å²) in [6, 6.07) is 6.49. The van der Waals surface area contributed by atoms with E-state index in [1.165, 1.54) is 18.2 Å². The van der Waals surface area contributed by atoms with E-state index in [9.17, 15) is 14.9 Å². The fourth-order valence-electron chi connectivity index (χ4n) is 2.76. The summed E-state index contributed by atoms with van der Waals surface area (Å²) in [6.07, 6.45) is 3.03. The van der Waals surface area contributed by atoms with Crippen LogP contribution in [0.2, 0.25) is 0 Å². The molecule has 0 radical (unpaired) electrons. The van der Waals surface area contributed by atoms with Gasteiger partial charge in [0, 0.05) is 37.3 Å². The minimum Gasteiger partial charge on any atom is -0.349 e. The van der Waals surface area contributed by atoms with E-state index >= 15 is 0 Å². The van der Waals surface area contributed by atoms with E-state index < -0.39 is 4.92 Å². The molecule has 1 heterocycles. The number of amides is 1. The van der Waals surface area contributed by atoms with Crippen molar-refractivity contribution in [1.82, 2.24) is 10.6 Å². The molecule has 2 atom stereocenters. The highest BCUT2D eigenvalue weighted by Crippen LogP contribution is 2.41. The van der Waals surface area contributed by atoms with E-state index in [0.717, 1.165) is 13.1 Å². The summed E-state index contributed by atoms with van der Waals surface area (Å²) in [6.45, 7) is 1.95. The molecule has 1 aromatic carbocycles. The van der Waals surface area contributed by atoms with Crippen LogP contribution in [0.4, 0.5) is 5.69 Å². The third kappa shape index (κ3) is 2.55. The summed E-state index contributed by atoms with van der Waals surface area (Å²) in [7, 11) is 0. The van der Waals surface area contributed by atoms with Crippen LogP contribution in [-0.2, 0) is 4.79 Å². The van der Waals surface area contributed by atoms with Gasteiger partial charge >= 0.3 is 0 Å². The van der Waals surface area contributed by atoms with Gasteiger partial charge in [-0.2, -0.15) is 0 Å². The standard InChI is InChI=1S/C14H15N3O3/c18-13(16-14-11-7-15-8-12(11)14)5-4-9-2-1-3-10(6-9)17(19)20/h1-6,11-12,14-15H,7-8H2,(H,16,18)/b5-4+. The van der Waals surface area contributed by atoms with Gasteiger partial charge in [0.05, 0.1) is 4.92 Å². The summed E-state index contributed by atoms with van der Waals surface area (Å²) in [5, 5.41) is 16.9. The van der Waals surface area contributed by atoms with Crippen molar-refractivity contribution in [2.75, 3.05) is 13.1 Å². The Kier molecular flexibility index (Phi) is 3.23. The van der Waals surface area contributed by atoms with Crippen molar-refractivity contribution in [2.24, 2.45) is 11.8 Å². The van der Waals surface area contributed by atoms with Crippen molar-refractivity contribution < 1.29 is 9.72 Å². The van der Waals surface area contributed by atoms with Crippen LogP contribution in [0.15, 0.2) is 30.3 Å². The van der Waals surface area contributed by atoms with Crippen molar-refractivity contribution in [1.29, 1.82) is 0 Å². The Morgan fingerprint density at radius 3 is 2.85 bits per heavy atom. The molecule has 1 aliphatic heterocycles. The van der Waals surface area contributed by atoms with Gasteiger partial charge in [0.2, 0.25) is 5.91 Å². The lowest BCUT2D eigenvalue weighted by atomic mass is 10.2. The number of non-ortho nitro benzene ring substituents is 1. The Morgan fingerprint density at radius 2 is 2.15 bits per heavy atom. The highest BCUT2D eigenvalue weighted by molar-refractivity contribution is 5.92. The van der Waals surface area contributed by atoms with Crippen LogP contribution in [0.3, 0.4) is 0 Å². The predicted molar refractivity (Wildman–Crippen MR) is 73.9 cm³/mol. The number of nitro groups is 1. The van der Waals surface area contributed by atoms with Crippen LogP contribution >= 0.6 is 0 Å². The van der Waals surface area contributed by atoms with Gasteiger partial charge in [0.15, 0.2) is 0 Å². The number of hydrogen-bond acceptors (Lipinski definition) is 4. The Balaban J connectivity index is 1.58. The van der Waals surface area contributed by atoms with E-state index in [-0.39, 0.29) is 11.6 Å². The maximum Gasteiger partial charge on any atom is 0.270 e. The first-order valence-electron chi connectivity index (χ1n) is 6.59. The highest BCUT2D eigenvalue weighted by atomic mass is 16.6. The average molecular weight is 273 g/mol. The number of nitro benzene ring substituents is 1. The lowest BCUT2D eigenvalue weighted by molar-refractivity contribution is -0.384. The number of hydrogen-bond donors (Lipinski definition) is 2. The summed E-state index contributed by atoms with van der Waals surface area (Å²) in [5.74, 6) is 1.01. The molecule has 0 bridgehead atoms. The summed E-state index contributed by atoms with van der Waals surface area (Å²) < 4.78 is 0. The van der Waals surface area contributed by atoms with Gasteiger partial charge in [-0.05, 0) is 23.5 Å². The molecule has 0 aromatic heterocycles. The zero-order chi connectivity index (χ0) is 14.1. The number of nitrogens with zero attached hydrogens (tertiary/aromatic N) is 1. The van der Waals surface area contributed by atoms with Crippen LogP contribution in [0.1, 0.15) is 5.56 Å². The fourth-order valence-corrected chi connectivity index (χ4v) is 2.76. The third-order valence-corrected chi connectivity index (χ3v) is 3.91. The molecule has 2 aliphatic rings. The normalized spacial score (nSPS) is 27.3. The maximum atomic E-state index is 11.8. The molecule has 1 amide bonds. The molecule has 1 aliphatic carbocycles. The Labute approximate surface area is 116 Å². The van der Waals surface area contributed by atoms with Crippen molar-refractivity contribution in [3.8, 4) is 0 Å². The zero-order valence-corrected chi connectivity index (χ0v) is 10.8. The smallest absolute Gasteiger partial charge is 0.270 e. The minimum atomic E-state index is -0.449. The molecule has 6 heteroatoms. The first kappa shape index (κ1) is 12.8. The molecule has 1 saturated heterocycles. The van der Waals surface area contributed by atoms with Gasteiger partial charge in [0.25, 0.3) is 5.69 Å². The van der Waals surface area contributed by atoms with Gasteiger partial charge in [-0.3, -0.25) is 14.9 Å². The number of fused-ring (bicyclic) bond motifs is 1. The number of piperidine rings is 1. The largest absolute Gasteiger partial charge is 0.349 e. The molecule has 1 aromatic rings. The number of nitrogens with one attached hydrogen (secondary N) is 2. The highest BCUT2D eigenvalue weighted by Gasteiger charge is 2.53. The number of carbonyl (C=O) groups is 1. The molecule has 1 saturated carbocycles. The molecule has 0 spiro atoms. The van der Waals surface area contributed by atoms with Gasteiger partial charge in [0.1, 0.15) is 0 Å². The van der Waals surface area contributed by atoms with E-state index in [1.807, 2.05) is 0 Å². The van der Waals surface area contributed by atoms with Crippen molar-refractivity contribution in [2.45, 2.75) is 6.04 Å². The SMILES string of the molecule is O=C(/C=C/c1cccc([N+](=O)[O-])c1)NC1C2CNCC21. The van der Waals surface area contributed by atoms with E-state index in [0.29, 0.717) is 23.4 Å². The van der Waals surface area contributed by atoms with Crippen LogP contribution < -0.4 is 10.6 Å². The minimum absolute atomic E-state index is 0.0235. The number of rotatable bonds is 4. The monoisotopic (exact) mass is 273 g/mol. The van der Waals surface area contributed by atoms with Gasteiger partial charge in [-0.1, -0.05) is 12.1 Å². The Morgan fingerprint density at radius 1 is 1.40 bits per heavy atom. The fraction of sp³-hybridized carbons (Fsp3) is 0.357. The van der Waals surface area contributed by atoms with Crippen molar-refractivity contribution >= 4 is 17.7 Å². The number of carbonyl (C=O) groups excluding carboxylic acids is 1. The molecule has 20 heavy (non-hydrogen) atoms. The summed E-state index contributed by atoms with van der Waals surface area (Å²) in [5.41, 5.74) is 0.669. The molecule has 2 fully saturated rings. The van der Waals surface area contributed by atoms with Crippen molar-refractivity contribution in [3.05, 3.63) is 46.0 Å². The molecule has 2 N–H and O–H groups in total. The summed E-state index contributed by atoms with van der Waals surface area (Å²) >= 11 is 0. The molecular formula is C14H15N3O3. The topological polar surface area (TPSA) is 84.3 Å². The second kappa shape index (κ2) is 5.05. The Bertz CT molecular complexity index is 575. The second-order valence-corrected chi connectivity index (χ2v) is 5.21. The molecule has 6 nitrogen and oxygen atoms in total. The van der Waals surface area contributed by atoms with Gasteiger partial charge < -0.3 is 10.6 Å². The quantitative estimate of drug-likeness (QED) is 0.486. The average Bonchev–Trinajstić information content (AvgIpc) is 2.88. The van der Waals surface area contributed by atoms with Crippen LogP contribution in [0, 0.1) is 22.0 Å². The van der Waals surface area contributed by atoms with Gasteiger partial charge in [-0.25, -0.2) is 0 Å². The Hall–Kier alpha value is -2.21. The summed E-state index contributed by atoms with van der Waals surface area (Å²) in [4.78, 5) is 22.0. The third-order valence-electron chi connectivity index (χ3n) is 3.91. The second-order valence-electron chi connectivity index (χ2n) is 5.21. The van der Waals surface area contributed by atoms with Crippen molar-refractivity contribution in [3.63, 3.8) is 0 Å². The molecule has 104 valence electrons. The first-order valence-corrected chi connectivity index (χ1v) is 6.59. The van der Waals surface area contributed by atoms with E-state index in [4.69, 9.17) is 0 Å². The molecular weight excluding hydrogens is 258 g/mol. The lowest BCUT2D eigenvalue weighted by Gasteiger charge is -2.04. The first-order chi connectivity index (χ1) is 9.65. The predicted octanol–water partition coefficient (Wildman–Crippen LogP) is 0.942. The van der Waals surface area contributed by atoms with Crippen LogP contribution in [-0.4, -0.2) is 30.0 Å². The van der Waals surface area contributed by atoms with Crippen LogP contribution in [0.25, 0.3) is 6.08 Å². The maximum absolute atomic E-state index is 11.8. The molecule has 2 unspecified atom stereocenters. The zero-order valence-electron chi connectivity index (χ0n) is 10.8. The molecule has 3 rings (SSSR count). The van der Waals surface area contributed by atoms with E-state index in [2.05, 4.69) is 10.6 Å². The van der Waals surface area contributed by atoms with Gasteiger partial charge in [-0.15, -0.1) is 0 Å². The van der Waals surface area contributed by atoms with E-state index in [1.54, 1.807) is 18.2 Å². The number of benzene rings is 1.